The van der Waals surface area contributed by atoms with E-state index in [2.05, 4.69) is 18.7 Å². The summed E-state index contributed by atoms with van der Waals surface area (Å²) in [4.78, 5) is 3.13. The summed E-state index contributed by atoms with van der Waals surface area (Å²) < 4.78 is 19.9. The molecule has 0 bridgehead atoms. The van der Waals surface area contributed by atoms with Gasteiger partial charge in [0, 0.05) is 53.6 Å². The van der Waals surface area contributed by atoms with E-state index in [0.717, 1.165) is 12.8 Å². The second kappa shape index (κ2) is 21.2. The molecule has 0 aliphatic rings. The predicted octanol–water partition coefficient (Wildman–Crippen LogP) is 2.93. The van der Waals surface area contributed by atoms with Crippen LogP contribution in [0.3, 0.4) is 0 Å². The molecule has 0 heterocycles. The molecule has 0 fully saturated rings. The molecule has 0 N–H and O–H groups in total. The third-order valence-electron chi connectivity index (χ3n) is 1.71. The minimum atomic E-state index is -0.798. The van der Waals surface area contributed by atoms with E-state index < -0.39 is 8.38 Å². The molecule has 111 valence electrons. The summed E-state index contributed by atoms with van der Waals surface area (Å²) in [6, 6.07) is 0. The molecule has 1 atom stereocenters. The first-order valence-corrected chi connectivity index (χ1v) is 7.25. The fourth-order valence-corrected chi connectivity index (χ4v) is 1.55. The molecule has 0 saturated heterocycles. The number of methoxy groups -OCH3 is 2. The van der Waals surface area contributed by atoms with Gasteiger partial charge < -0.3 is 37.2 Å². The minimum Gasteiger partial charge on any atom is -0.367 e. The summed E-state index contributed by atoms with van der Waals surface area (Å²) in [5.41, 5.74) is 0. The third-order valence-corrected chi connectivity index (χ3v) is 2.81. The monoisotopic (exact) mass is 366 g/mol. The normalized spacial score (nSPS) is 11.0. The first-order chi connectivity index (χ1) is 8.65. The maximum atomic E-state index is 6.45. The van der Waals surface area contributed by atoms with Crippen LogP contribution in [-0.2, 0) is 51.2 Å². The van der Waals surface area contributed by atoms with E-state index in [9.17, 15) is 0 Å². The van der Waals surface area contributed by atoms with E-state index in [1.807, 2.05) is 6.66 Å². The second-order valence-corrected chi connectivity index (χ2v) is 4.43. The van der Waals surface area contributed by atoms with Gasteiger partial charge in [-0.25, -0.2) is 6.57 Å². The Morgan fingerprint density at radius 2 is 1.79 bits per heavy atom. The molecule has 0 aliphatic carbocycles. The van der Waals surface area contributed by atoms with Gasteiger partial charge in [-0.05, 0) is 6.42 Å². The van der Waals surface area contributed by atoms with E-state index in [0.29, 0.717) is 19.8 Å². The van der Waals surface area contributed by atoms with Crippen molar-refractivity contribution in [3.63, 3.8) is 0 Å². The van der Waals surface area contributed by atoms with Crippen LogP contribution >= 0.6 is 8.38 Å². The van der Waals surface area contributed by atoms with E-state index in [1.54, 1.807) is 14.2 Å². The van der Waals surface area contributed by atoms with Crippen LogP contribution in [0.1, 0.15) is 12.8 Å². The minimum absolute atomic E-state index is 0. The van der Waals surface area contributed by atoms with Gasteiger partial charge in [0.25, 0.3) is 0 Å². The molecule has 0 amide bonds. The van der Waals surface area contributed by atoms with Gasteiger partial charge in [0.1, 0.15) is 6.61 Å². The van der Waals surface area contributed by atoms with Crippen molar-refractivity contribution in [2.75, 3.05) is 40.6 Å². The van der Waals surface area contributed by atoms with Gasteiger partial charge in [0.2, 0.25) is 6.54 Å². The molecule has 0 spiro atoms. The number of hydrogen-bond acceptors (Lipinski definition) is 4. The molecule has 0 aliphatic heterocycles. The molecule has 0 aromatic heterocycles. The zero-order valence-electron chi connectivity index (χ0n) is 12.1. The molecule has 0 aromatic carbocycles. The first-order valence-electron chi connectivity index (χ1n) is 5.63. The fraction of sp³-hybridized carbons (Fsp3) is 0.750. The van der Waals surface area contributed by atoms with Crippen molar-refractivity contribution in [2.45, 2.75) is 19.1 Å². The van der Waals surface area contributed by atoms with Gasteiger partial charge >= 0.3 is 0 Å². The standard InChI is InChI=1S/C6H11NO2P.C6H13O2.Y/c1-4-8-10(3)9-6-5-7-2;1-4-5-6(7-2)8-3;/h1,4-6H2,3H3;6H,1,4-5H2,2-3H3;/q2*-1;. The summed E-state index contributed by atoms with van der Waals surface area (Å²) in [5, 5.41) is 0. The molecule has 0 saturated carbocycles. The largest absolute Gasteiger partial charge is 0.367 e. The zero-order valence-corrected chi connectivity index (χ0v) is 15.9. The van der Waals surface area contributed by atoms with Crippen LogP contribution in [0.2, 0.25) is 0 Å². The van der Waals surface area contributed by atoms with Crippen molar-refractivity contribution in [1.82, 2.24) is 0 Å². The van der Waals surface area contributed by atoms with Gasteiger partial charge in [0.15, 0.2) is 14.7 Å². The van der Waals surface area contributed by atoms with Crippen molar-refractivity contribution in [2.24, 2.45) is 0 Å². The average molecular weight is 366 g/mol. The van der Waals surface area contributed by atoms with Crippen LogP contribution in [0.5, 0.6) is 0 Å². The second-order valence-electron chi connectivity index (χ2n) is 3.03. The Kier molecular flexibility index (Phi) is 27.7. The van der Waals surface area contributed by atoms with Crippen molar-refractivity contribution in [3.8, 4) is 0 Å². The average Bonchev–Trinajstić information content (AvgIpc) is 2.37. The van der Waals surface area contributed by atoms with E-state index in [-0.39, 0.29) is 39.0 Å². The Morgan fingerprint density at radius 3 is 2.11 bits per heavy atom. The molecule has 1 unspecified atom stereocenters. The number of hydrogen-bond donors (Lipinski definition) is 0. The molecule has 0 rings (SSSR count). The van der Waals surface area contributed by atoms with E-state index in [1.165, 1.54) is 0 Å². The van der Waals surface area contributed by atoms with Crippen LogP contribution in [-0.4, -0.2) is 46.9 Å². The molecule has 5 nitrogen and oxygen atoms in total. The van der Waals surface area contributed by atoms with Crippen molar-refractivity contribution in [1.29, 1.82) is 0 Å². The maximum absolute atomic E-state index is 6.45. The van der Waals surface area contributed by atoms with Gasteiger partial charge in [-0.15, -0.1) is 0 Å². The first kappa shape index (κ1) is 24.9. The summed E-state index contributed by atoms with van der Waals surface area (Å²) >= 11 is 0. The summed E-state index contributed by atoms with van der Waals surface area (Å²) in [6.45, 7) is 16.8. The van der Waals surface area contributed by atoms with Gasteiger partial charge in [-0.3, -0.25) is 0 Å². The Bertz CT molecular complexity index is 201. The topological polar surface area (TPSA) is 41.3 Å². The summed E-state index contributed by atoms with van der Waals surface area (Å²) in [6.07, 6.45) is 1.66. The smallest absolute Gasteiger partial charge is 0.238 e. The Balaban J connectivity index is -0.000000262. The van der Waals surface area contributed by atoms with Crippen LogP contribution in [0.15, 0.2) is 0 Å². The Morgan fingerprint density at radius 1 is 1.21 bits per heavy atom. The maximum Gasteiger partial charge on any atom is 0.238 e. The number of ether oxygens (including phenoxy) is 2. The molecule has 0 aromatic rings. The quantitative estimate of drug-likeness (QED) is 0.272. The third kappa shape index (κ3) is 21.3. The van der Waals surface area contributed by atoms with Gasteiger partial charge in [-0.2, -0.15) is 6.42 Å². The number of rotatable bonds is 9. The predicted molar refractivity (Wildman–Crippen MR) is 74.0 cm³/mol. The van der Waals surface area contributed by atoms with E-state index in [4.69, 9.17) is 25.1 Å². The van der Waals surface area contributed by atoms with Crippen LogP contribution < -0.4 is 0 Å². The molecule has 7 heteroatoms. The van der Waals surface area contributed by atoms with Crippen molar-refractivity contribution < 1.29 is 51.2 Å². The Labute approximate surface area is 144 Å². The van der Waals surface area contributed by atoms with Crippen LogP contribution in [0.4, 0.5) is 0 Å². The summed E-state index contributed by atoms with van der Waals surface area (Å²) in [5.74, 6) is 0. The number of nitrogens with zero attached hydrogens (tertiary/aromatic N) is 1. The SMILES string of the molecule is [C-]#[N+]CCOP(C)OC[CH2-].[CH2-]CCC(OC)OC.[Y]. The van der Waals surface area contributed by atoms with Gasteiger partial charge in [0.05, 0.1) is 0 Å². The van der Waals surface area contributed by atoms with E-state index >= 15 is 0 Å². The molecule has 1 radical (unpaired) electrons. The summed E-state index contributed by atoms with van der Waals surface area (Å²) in [7, 11) is 2.46. The van der Waals surface area contributed by atoms with Crippen LogP contribution in [0, 0.1) is 20.4 Å². The molecule has 19 heavy (non-hydrogen) atoms. The Hall–Kier alpha value is 0.864. The van der Waals surface area contributed by atoms with Crippen LogP contribution in [0.25, 0.3) is 4.85 Å². The van der Waals surface area contributed by atoms with Crippen molar-refractivity contribution in [3.05, 3.63) is 25.3 Å². The fourth-order valence-electron chi connectivity index (χ4n) is 0.879. The molecular weight excluding hydrogens is 342 g/mol. The zero-order chi connectivity index (χ0) is 14.2. The molecular formula is C12H24NO4PY-2. The van der Waals surface area contributed by atoms with Gasteiger partial charge in [-0.1, -0.05) is 6.61 Å². The van der Waals surface area contributed by atoms with Crippen molar-refractivity contribution >= 4 is 8.38 Å².